The lowest BCUT2D eigenvalue weighted by atomic mass is 9.72. The number of hydrogen-bond donors (Lipinski definition) is 0. The van der Waals surface area contributed by atoms with E-state index in [0.29, 0.717) is 5.92 Å². The summed E-state index contributed by atoms with van der Waals surface area (Å²) in [6, 6.07) is 0. The van der Waals surface area contributed by atoms with E-state index in [4.69, 9.17) is 9.31 Å². The number of nitrogens with zero attached hydrogens (tertiary/aromatic N) is 1. The first-order valence-electron chi connectivity index (χ1n) is 7.60. The minimum absolute atomic E-state index is 0.239. The maximum Gasteiger partial charge on any atom is 0.496 e. The molecule has 1 atom stereocenters. The highest BCUT2D eigenvalue weighted by molar-refractivity contribution is 6.60. The summed E-state index contributed by atoms with van der Waals surface area (Å²) in [6.45, 7) is 16.1. The third-order valence-corrected chi connectivity index (χ3v) is 4.84. The Kier molecular flexibility index (Phi) is 3.94. The van der Waals surface area contributed by atoms with Gasteiger partial charge in [0.1, 0.15) is 0 Å². The maximum absolute atomic E-state index is 6.14. The van der Waals surface area contributed by atoms with Crippen LogP contribution in [0, 0.1) is 11.3 Å². The van der Waals surface area contributed by atoms with Gasteiger partial charge in [-0.05, 0) is 50.9 Å². The second-order valence-corrected chi connectivity index (χ2v) is 8.05. The van der Waals surface area contributed by atoms with E-state index in [1.54, 1.807) is 0 Å². The van der Waals surface area contributed by atoms with Crippen molar-refractivity contribution in [3.8, 4) is 0 Å². The Balaban J connectivity index is 2.25. The standard InChI is InChI=1S/C16H28BNO2/c1-14(2,3)12-8-9-18-11-13(10-12)17-19-15(4,5)16(6,7)20-17/h10-12H,8-9H2,1-7H3. The van der Waals surface area contributed by atoms with Crippen molar-refractivity contribution in [2.45, 2.75) is 66.1 Å². The number of aliphatic imine (C=N–C) groups is 1. The molecule has 4 heteroatoms. The summed E-state index contributed by atoms with van der Waals surface area (Å²) >= 11 is 0. The molecule has 112 valence electrons. The highest BCUT2D eigenvalue weighted by atomic mass is 16.7. The Morgan fingerprint density at radius 2 is 1.70 bits per heavy atom. The highest BCUT2D eigenvalue weighted by Crippen LogP contribution is 2.40. The van der Waals surface area contributed by atoms with Gasteiger partial charge in [0.05, 0.1) is 11.2 Å². The van der Waals surface area contributed by atoms with Gasteiger partial charge in [-0.25, -0.2) is 0 Å². The van der Waals surface area contributed by atoms with Crippen molar-refractivity contribution in [2.24, 2.45) is 16.3 Å². The van der Waals surface area contributed by atoms with Gasteiger partial charge >= 0.3 is 7.12 Å². The molecule has 2 aliphatic heterocycles. The van der Waals surface area contributed by atoms with Gasteiger partial charge in [-0.3, -0.25) is 4.99 Å². The van der Waals surface area contributed by atoms with Gasteiger partial charge in [-0.15, -0.1) is 0 Å². The third kappa shape index (κ3) is 3.01. The van der Waals surface area contributed by atoms with Crippen LogP contribution in [0.1, 0.15) is 54.9 Å². The number of hydrogen-bond acceptors (Lipinski definition) is 3. The second kappa shape index (κ2) is 4.99. The van der Waals surface area contributed by atoms with Crippen LogP contribution in [0.4, 0.5) is 0 Å². The lowest BCUT2D eigenvalue weighted by Crippen LogP contribution is -2.41. The molecule has 2 heterocycles. The predicted octanol–water partition coefficient (Wildman–Crippen LogP) is 3.68. The molecule has 0 aromatic rings. The van der Waals surface area contributed by atoms with E-state index in [0.717, 1.165) is 18.4 Å². The van der Waals surface area contributed by atoms with Crippen LogP contribution in [0.3, 0.4) is 0 Å². The minimum Gasteiger partial charge on any atom is -0.399 e. The van der Waals surface area contributed by atoms with Crippen molar-refractivity contribution >= 4 is 13.3 Å². The molecule has 0 aromatic carbocycles. The number of allylic oxidation sites excluding steroid dienone is 2. The summed E-state index contributed by atoms with van der Waals surface area (Å²) in [5.74, 6) is 0.499. The molecule has 20 heavy (non-hydrogen) atoms. The molecule has 2 aliphatic rings. The molecule has 0 N–H and O–H groups in total. The average molecular weight is 277 g/mol. The Bertz CT molecular complexity index is 416. The van der Waals surface area contributed by atoms with Crippen LogP contribution >= 0.6 is 0 Å². The summed E-state index contributed by atoms with van der Waals surface area (Å²) in [4.78, 5) is 4.50. The van der Waals surface area contributed by atoms with Crippen LogP contribution in [0.15, 0.2) is 16.5 Å². The molecular weight excluding hydrogens is 249 g/mol. The predicted molar refractivity (Wildman–Crippen MR) is 85.1 cm³/mol. The van der Waals surface area contributed by atoms with Crippen LogP contribution in [-0.4, -0.2) is 31.1 Å². The molecule has 0 aromatic heterocycles. The molecule has 0 bridgehead atoms. The van der Waals surface area contributed by atoms with E-state index < -0.39 is 0 Å². The quantitative estimate of drug-likeness (QED) is 0.684. The molecule has 0 radical (unpaired) electrons. The van der Waals surface area contributed by atoms with Crippen molar-refractivity contribution in [3.63, 3.8) is 0 Å². The summed E-state index contributed by atoms with van der Waals surface area (Å²) in [6.07, 6.45) is 5.33. The summed E-state index contributed by atoms with van der Waals surface area (Å²) in [5.41, 5.74) is 0.718. The van der Waals surface area contributed by atoms with Gasteiger partial charge in [0.25, 0.3) is 0 Å². The zero-order valence-electron chi connectivity index (χ0n) is 14.0. The van der Waals surface area contributed by atoms with Gasteiger partial charge in [0.15, 0.2) is 0 Å². The summed E-state index contributed by atoms with van der Waals surface area (Å²) in [5, 5.41) is 0. The molecular formula is C16H28BNO2. The lowest BCUT2D eigenvalue weighted by molar-refractivity contribution is 0.00578. The molecule has 3 nitrogen and oxygen atoms in total. The van der Waals surface area contributed by atoms with Crippen molar-refractivity contribution in [3.05, 3.63) is 11.5 Å². The van der Waals surface area contributed by atoms with Gasteiger partial charge in [0, 0.05) is 12.8 Å². The Labute approximate surface area is 124 Å². The van der Waals surface area contributed by atoms with Crippen LogP contribution in [-0.2, 0) is 9.31 Å². The van der Waals surface area contributed by atoms with Crippen molar-refractivity contribution in [1.82, 2.24) is 0 Å². The van der Waals surface area contributed by atoms with Gasteiger partial charge in [0.2, 0.25) is 0 Å². The van der Waals surface area contributed by atoms with Crippen LogP contribution < -0.4 is 0 Å². The molecule has 1 fully saturated rings. The fourth-order valence-electron chi connectivity index (χ4n) is 2.54. The summed E-state index contributed by atoms with van der Waals surface area (Å²) in [7, 11) is -0.299. The topological polar surface area (TPSA) is 30.8 Å². The molecule has 1 saturated heterocycles. The lowest BCUT2D eigenvalue weighted by Gasteiger charge is -2.32. The first kappa shape index (κ1) is 15.8. The van der Waals surface area contributed by atoms with Crippen molar-refractivity contribution < 1.29 is 9.31 Å². The molecule has 2 rings (SSSR count). The SMILES string of the molecule is CC(C)(C)C1C=C(B2OC(C)(C)C(C)(C)O2)C=NCC1. The molecule has 0 aliphatic carbocycles. The smallest absolute Gasteiger partial charge is 0.399 e. The first-order valence-corrected chi connectivity index (χ1v) is 7.60. The van der Waals surface area contributed by atoms with Crippen molar-refractivity contribution in [1.29, 1.82) is 0 Å². The average Bonchev–Trinajstić information content (AvgIpc) is 2.47. The zero-order chi connectivity index (χ0) is 15.2. The third-order valence-electron chi connectivity index (χ3n) is 4.84. The molecule has 0 saturated carbocycles. The zero-order valence-corrected chi connectivity index (χ0v) is 14.0. The van der Waals surface area contributed by atoms with E-state index in [9.17, 15) is 0 Å². The van der Waals surface area contributed by atoms with Crippen LogP contribution in [0.25, 0.3) is 0 Å². The Morgan fingerprint density at radius 3 is 2.20 bits per heavy atom. The van der Waals surface area contributed by atoms with E-state index in [2.05, 4.69) is 59.5 Å². The normalized spacial score (nSPS) is 29.2. The van der Waals surface area contributed by atoms with Crippen LogP contribution in [0.5, 0.6) is 0 Å². The second-order valence-electron chi connectivity index (χ2n) is 8.05. The number of rotatable bonds is 1. The Morgan fingerprint density at radius 1 is 1.15 bits per heavy atom. The molecule has 0 spiro atoms. The monoisotopic (exact) mass is 277 g/mol. The summed E-state index contributed by atoms with van der Waals surface area (Å²) < 4.78 is 12.3. The van der Waals surface area contributed by atoms with E-state index in [1.165, 1.54) is 0 Å². The Hall–Kier alpha value is -0.605. The van der Waals surface area contributed by atoms with Crippen molar-refractivity contribution in [2.75, 3.05) is 6.54 Å². The first-order chi connectivity index (χ1) is 9.03. The van der Waals surface area contributed by atoms with Gasteiger partial charge in [-0.1, -0.05) is 26.8 Å². The fraction of sp³-hybridized carbons (Fsp3) is 0.812. The van der Waals surface area contributed by atoms with Gasteiger partial charge < -0.3 is 9.31 Å². The highest BCUT2D eigenvalue weighted by Gasteiger charge is 2.52. The fourth-order valence-corrected chi connectivity index (χ4v) is 2.54. The van der Waals surface area contributed by atoms with Crippen LogP contribution in [0.2, 0.25) is 0 Å². The largest absolute Gasteiger partial charge is 0.496 e. The molecule has 1 unspecified atom stereocenters. The minimum atomic E-state index is -0.299. The van der Waals surface area contributed by atoms with E-state index >= 15 is 0 Å². The molecule has 0 amide bonds. The maximum atomic E-state index is 6.14. The van der Waals surface area contributed by atoms with Gasteiger partial charge in [-0.2, -0.15) is 0 Å². The van der Waals surface area contributed by atoms with E-state index in [1.807, 2.05) is 6.21 Å². The van der Waals surface area contributed by atoms with E-state index in [-0.39, 0.29) is 23.7 Å².